The van der Waals surface area contributed by atoms with E-state index in [4.69, 9.17) is 10.3 Å². The van der Waals surface area contributed by atoms with Gasteiger partial charge in [-0.15, -0.1) is 6.04 Å². The number of hydrogen-bond acceptors (Lipinski definition) is 2. The maximum atomic E-state index is 12.7. The maximum Gasteiger partial charge on any atom is 0 e. The van der Waals surface area contributed by atoms with Crippen LogP contribution < -0.4 is 0 Å². The standard InChI is InChI=1S/C34H36NSe.C18H35NO.Ir/c1-20-17-26-28(34(7,8)15-14-33(26,5)6)31-27(20)24-13-16-35-29(30(24)36-31)22-18-21-11-9-10-12-23(21)25(19-22)32(2,3)4;1-9-17(7,10-2)15(19-14(5)6)13-16(20)18(8,11-3)12-4;/h9-13,16-17,19H,14-15H2,1-8H3;13-14H,9-12H2,1-8H3,(H,19,20);/q-1;;/p-1. The largest absolute Gasteiger partial charge is 0 e. The smallest absolute Gasteiger partial charge is 0 e. The van der Waals surface area contributed by atoms with Gasteiger partial charge >= 0.3 is 222 Å². The molecular weight excluding hydrogens is 940 g/mol. The van der Waals surface area contributed by atoms with Crippen molar-refractivity contribution in [3.8, 4) is 11.3 Å². The Balaban J connectivity index is 0.000000296. The SMILES string of the molecule is CCC(C)(CC)C(=O)/C=C(\[N-]C(C)C)C(C)(CC)CC.Cc1cc2c(c3[se]c4c(-c5[c-]c6ccccc6c(C(C)(C)C)c5)nccc4c13)C(C)(C)CCC2(C)C.[Ir]. The van der Waals surface area contributed by atoms with E-state index in [0.29, 0.717) is 0 Å². The van der Waals surface area contributed by atoms with Crippen molar-refractivity contribution in [2.45, 2.75) is 172 Å². The Morgan fingerprint density at radius 2 is 1.46 bits per heavy atom. The van der Waals surface area contributed by atoms with Gasteiger partial charge in [-0.1, -0.05) is 55.4 Å². The van der Waals surface area contributed by atoms with E-state index < -0.39 is 0 Å². The molecular formula is C52H70IrN2OSe-2. The van der Waals surface area contributed by atoms with Gasteiger partial charge in [0.05, 0.1) is 0 Å². The van der Waals surface area contributed by atoms with Gasteiger partial charge in [-0.3, -0.25) is 4.79 Å². The summed E-state index contributed by atoms with van der Waals surface area (Å²) >= 11 is 0.219. The number of aromatic nitrogens is 1. The number of allylic oxidation sites excluding steroid dienone is 2. The third-order valence-electron chi connectivity index (χ3n) is 13.5. The molecule has 0 N–H and O–H groups in total. The first-order valence-electron chi connectivity index (χ1n) is 21.4. The van der Waals surface area contributed by atoms with E-state index in [1.807, 2.05) is 12.3 Å². The summed E-state index contributed by atoms with van der Waals surface area (Å²) in [5, 5.41) is 10.1. The summed E-state index contributed by atoms with van der Waals surface area (Å²) in [4.78, 5) is 17.7. The van der Waals surface area contributed by atoms with E-state index in [0.717, 1.165) is 42.6 Å². The third kappa shape index (κ3) is 9.28. The van der Waals surface area contributed by atoms with Crippen LogP contribution in [0.1, 0.15) is 165 Å². The molecule has 0 atom stereocenters. The fourth-order valence-corrected chi connectivity index (χ4v) is 11.9. The number of nitrogens with zero attached hydrogens (tertiary/aromatic N) is 2. The Morgan fingerprint density at radius 3 is 2.04 bits per heavy atom. The zero-order valence-electron chi connectivity index (χ0n) is 38.1. The monoisotopic (exact) mass is 1010 g/mol. The molecule has 0 amide bonds. The van der Waals surface area contributed by atoms with Crippen LogP contribution in [0, 0.1) is 23.8 Å². The summed E-state index contributed by atoms with van der Waals surface area (Å²) in [7, 11) is 0. The zero-order valence-corrected chi connectivity index (χ0v) is 42.2. The summed E-state index contributed by atoms with van der Waals surface area (Å²) in [5.74, 6) is 0.232. The molecule has 0 saturated carbocycles. The fourth-order valence-electron chi connectivity index (χ4n) is 8.49. The number of aryl methyl sites for hydroxylation is 1. The second-order valence-corrected chi connectivity index (χ2v) is 21.9. The van der Waals surface area contributed by atoms with Crippen molar-refractivity contribution < 1.29 is 24.9 Å². The van der Waals surface area contributed by atoms with Crippen molar-refractivity contribution in [1.82, 2.24) is 4.98 Å². The van der Waals surface area contributed by atoms with Gasteiger partial charge in [-0.05, 0) is 37.2 Å². The van der Waals surface area contributed by atoms with Gasteiger partial charge in [-0.2, -0.15) is 5.70 Å². The summed E-state index contributed by atoms with van der Waals surface area (Å²) in [6.45, 7) is 36.0. The van der Waals surface area contributed by atoms with Crippen molar-refractivity contribution in [3.63, 3.8) is 0 Å². The van der Waals surface area contributed by atoms with Crippen molar-refractivity contribution in [2.75, 3.05) is 0 Å². The summed E-state index contributed by atoms with van der Waals surface area (Å²) in [6.07, 6.45) is 10.1. The van der Waals surface area contributed by atoms with Crippen LogP contribution in [-0.4, -0.2) is 31.3 Å². The van der Waals surface area contributed by atoms with Crippen LogP contribution in [0.3, 0.4) is 0 Å². The molecule has 0 fully saturated rings. The first-order valence-corrected chi connectivity index (χ1v) is 23.1. The van der Waals surface area contributed by atoms with E-state index in [1.54, 1.807) is 15.4 Å². The van der Waals surface area contributed by atoms with Crippen molar-refractivity contribution in [1.29, 1.82) is 0 Å². The number of pyridine rings is 1. The molecule has 1 radical (unpaired) electrons. The number of benzene rings is 3. The molecule has 0 aliphatic heterocycles. The molecule has 1 aliphatic carbocycles. The summed E-state index contributed by atoms with van der Waals surface area (Å²) < 4.78 is 3.04. The van der Waals surface area contributed by atoms with Gasteiger partial charge in [0.1, 0.15) is 0 Å². The molecule has 5 aromatic rings. The van der Waals surface area contributed by atoms with Gasteiger partial charge < -0.3 is 5.32 Å². The molecule has 5 heteroatoms. The minimum atomic E-state index is -0.250. The van der Waals surface area contributed by atoms with Crippen LogP contribution in [0.5, 0.6) is 0 Å². The van der Waals surface area contributed by atoms with E-state index in [2.05, 4.69) is 159 Å². The summed E-state index contributed by atoms with van der Waals surface area (Å²) in [6, 6.07) is 19.8. The Kier molecular flexibility index (Phi) is 14.5. The molecule has 0 saturated heterocycles. The third-order valence-corrected chi connectivity index (χ3v) is 16.1. The first-order chi connectivity index (χ1) is 26.1. The second-order valence-electron chi connectivity index (χ2n) is 19.8. The second kappa shape index (κ2) is 17.6. The predicted molar refractivity (Wildman–Crippen MR) is 246 cm³/mol. The summed E-state index contributed by atoms with van der Waals surface area (Å²) in [5.41, 5.74) is 9.46. The number of carbonyl (C=O) groups is 1. The van der Waals surface area contributed by atoms with Crippen LogP contribution in [0.4, 0.5) is 0 Å². The predicted octanol–water partition coefficient (Wildman–Crippen LogP) is 14.9. The van der Waals surface area contributed by atoms with Gasteiger partial charge in [-0.25, -0.2) is 0 Å². The molecule has 2 aromatic heterocycles. The Hall–Kier alpha value is -2.55. The van der Waals surface area contributed by atoms with Crippen molar-refractivity contribution in [2.24, 2.45) is 10.8 Å². The first kappa shape index (κ1) is 47.1. The zero-order chi connectivity index (χ0) is 41.6. The number of hydrogen-bond donors (Lipinski definition) is 0. The molecule has 57 heavy (non-hydrogen) atoms. The van der Waals surface area contributed by atoms with Crippen molar-refractivity contribution >= 4 is 50.4 Å². The average Bonchev–Trinajstić information content (AvgIpc) is 3.55. The van der Waals surface area contributed by atoms with Crippen LogP contribution in [0.25, 0.3) is 46.6 Å². The van der Waals surface area contributed by atoms with Gasteiger partial charge in [0.15, 0.2) is 5.78 Å². The van der Waals surface area contributed by atoms with Gasteiger partial charge in [0, 0.05) is 25.5 Å². The number of ketones is 1. The van der Waals surface area contributed by atoms with Gasteiger partial charge in [0.25, 0.3) is 0 Å². The number of carbonyl (C=O) groups excluding carboxylic acids is 1. The molecule has 2 heterocycles. The Bertz CT molecular complexity index is 2260. The van der Waals surface area contributed by atoms with E-state index in [1.165, 1.54) is 49.8 Å². The van der Waals surface area contributed by atoms with Crippen LogP contribution >= 0.6 is 0 Å². The number of fused-ring (bicyclic) bond motifs is 6. The van der Waals surface area contributed by atoms with Crippen LogP contribution in [0.15, 0.2) is 60.4 Å². The minimum absolute atomic E-state index is 0. The van der Waals surface area contributed by atoms with E-state index in [9.17, 15) is 4.79 Å². The molecule has 3 nitrogen and oxygen atoms in total. The molecule has 3 aromatic carbocycles. The van der Waals surface area contributed by atoms with Crippen LogP contribution in [0.2, 0.25) is 0 Å². The molecule has 0 unspecified atom stereocenters. The molecule has 311 valence electrons. The van der Waals surface area contributed by atoms with Crippen LogP contribution in [-0.2, 0) is 41.1 Å². The Labute approximate surface area is 365 Å². The quantitative estimate of drug-likeness (QED) is 0.0795. The van der Waals surface area contributed by atoms with E-state index >= 15 is 0 Å². The normalized spacial score (nSPS) is 15.6. The van der Waals surface area contributed by atoms with Crippen molar-refractivity contribution in [3.05, 3.63) is 94.1 Å². The Morgan fingerprint density at radius 1 is 0.860 bits per heavy atom. The minimum Gasteiger partial charge on any atom is 0 e. The number of rotatable bonds is 10. The fraction of sp³-hybridized carbons (Fsp3) is 0.538. The van der Waals surface area contributed by atoms with E-state index in [-0.39, 0.29) is 73.5 Å². The topological polar surface area (TPSA) is 44.1 Å². The van der Waals surface area contributed by atoms with Gasteiger partial charge in [0.2, 0.25) is 0 Å². The average molecular weight is 1010 g/mol. The molecule has 0 spiro atoms. The molecule has 0 bridgehead atoms. The molecule has 1 aliphatic rings. The molecule has 6 rings (SSSR count). The maximum absolute atomic E-state index is 12.7.